The van der Waals surface area contributed by atoms with Crippen molar-refractivity contribution in [2.45, 2.75) is 45.7 Å². The molecule has 0 saturated carbocycles. The highest BCUT2D eigenvalue weighted by Crippen LogP contribution is 2.23. The monoisotopic (exact) mass is 295 g/mol. The molecule has 0 bridgehead atoms. The van der Waals surface area contributed by atoms with Crippen LogP contribution in [-0.4, -0.2) is 44.2 Å². The van der Waals surface area contributed by atoms with Crippen molar-refractivity contribution in [3.8, 4) is 0 Å². The van der Waals surface area contributed by atoms with Crippen LogP contribution in [0, 0.1) is 5.82 Å². The molecule has 0 amide bonds. The molecule has 0 heterocycles. The highest BCUT2D eigenvalue weighted by molar-refractivity contribution is 5.50. The normalized spacial score (nSPS) is 14.3. The number of halogens is 1. The van der Waals surface area contributed by atoms with E-state index < -0.39 is 0 Å². The Labute approximate surface area is 128 Å². The first-order chi connectivity index (χ1) is 9.88. The molecule has 2 atom stereocenters. The maximum atomic E-state index is 14.4. The highest BCUT2D eigenvalue weighted by Gasteiger charge is 2.17. The van der Waals surface area contributed by atoms with Gasteiger partial charge in [-0.25, -0.2) is 4.39 Å². The maximum absolute atomic E-state index is 14.4. The summed E-state index contributed by atoms with van der Waals surface area (Å²) in [6, 6.07) is 5.89. The van der Waals surface area contributed by atoms with E-state index in [9.17, 15) is 4.39 Å². The van der Waals surface area contributed by atoms with E-state index in [-0.39, 0.29) is 17.9 Å². The van der Waals surface area contributed by atoms with Crippen molar-refractivity contribution in [1.82, 2.24) is 4.90 Å². The highest BCUT2D eigenvalue weighted by atomic mass is 19.1. The lowest BCUT2D eigenvalue weighted by molar-refractivity contribution is 0.371. The van der Waals surface area contributed by atoms with Crippen LogP contribution in [0.2, 0.25) is 0 Å². The van der Waals surface area contributed by atoms with Gasteiger partial charge in [0.1, 0.15) is 5.82 Å². The van der Waals surface area contributed by atoms with Gasteiger partial charge in [-0.1, -0.05) is 13.0 Å². The zero-order chi connectivity index (χ0) is 16.0. The third-order valence-corrected chi connectivity index (χ3v) is 3.85. The quantitative estimate of drug-likeness (QED) is 0.800. The number of likely N-dealkylation sites (N-methyl/N-ethyl adjacent to an activating group) is 2. The molecule has 0 radical (unpaired) electrons. The second-order valence-electron chi connectivity index (χ2n) is 6.06. The van der Waals surface area contributed by atoms with Crippen LogP contribution in [0.15, 0.2) is 18.2 Å². The van der Waals surface area contributed by atoms with Crippen LogP contribution < -0.4 is 10.6 Å². The van der Waals surface area contributed by atoms with Crippen molar-refractivity contribution in [2.24, 2.45) is 5.73 Å². The molecule has 2 N–H and O–H groups in total. The number of nitrogens with two attached hydrogens (primary N) is 1. The Bertz CT molecular complexity index is 434. The minimum atomic E-state index is -0.150. The lowest BCUT2D eigenvalue weighted by Gasteiger charge is -2.32. The number of nitrogens with zero attached hydrogens (tertiary/aromatic N) is 2. The fourth-order valence-electron chi connectivity index (χ4n) is 2.70. The molecule has 1 rings (SSSR count). The summed E-state index contributed by atoms with van der Waals surface area (Å²) in [5.74, 6) is -0.150. The zero-order valence-corrected chi connectivity index (χ0v) is 14.1. The lowest BCUT2D eigenvalue weighted by Crippen LogP contribution is -2.40. The molecule has 0 fully saturated rings. The molecular weight excluding hydrogens is 265 g/mol. The van der Waals surface area contributed by atoms with Crippen molar-refractivity contribution in [3.05, 3.63) is 29.6 Å². The van der Waals surface area contributed by atoms with E-state index in [1.807, 2.05) is 26.2 Å². The van der Waals surface area contributed by atoms with E-state index in [4.69, 9.17) is 5.73 Å². The van der Waals surface area contributed by atoms with E-state index in [0.717, 1.165) is 31.5 Å². The Kier molecular flexibility index (Phi) is 7.12. The summed E-state index contributed by atoms with van der Waals surface area (Å²) in [7, 11) is 4.08. The molecule has 1 aromatic rings. The van der Waals surface area contributed by atoms with Crippen molar-refractivity contribution in [2.75, 3.05) is 32.1 Å². The van der Waals surface area contributed by atoms with E-state index in [1.165, 1.54) is 0 Å². The van der Waals surface area contributed by atoms with Crippen LogP contribution in [0.5, 0.6) is 0 Å². The van der Waals surface area contributed by atoms with Crippen LogP contribution in [0.1, 0.15) is 32.8 Å². The molecule has 0 aliphatic carbocycles. The molecule has 0 aliphatic rings. The average Bonchev–Trinajstić information content (AvgIpc) is 2.41. The first-order valence-corrected chi connectivity index (χ1v) is 7.84. The summed E-state index contributed by atoms with van der Waals surface area (Å²) < 4.78 is 14.4. The summed E-state index contributed by atoms with van der Waals surface area (Å²) in [5.41, 5.74) is 7.60. The summed E-state index contributed by atoms with van der Waals surface area (Å²) >= 11 is 0. The lowest BCUT2D eigenvalue weighted by atomic mass is 10.0. The summed E-state index contributed by atoms with van der Waals surface area (Å²) in [6.07, 6.45) is 1.64. The van der Waals surface area contributed by atoms with Gasteiger partial charge in [-0.05, 0) is 58.5 Å². The van der Waals surface area contributed by atoms with Gasteiger partial charge in [0, 0.05) is 25.2 Å². The summed E-state index contributed by atoms with van der Waals surface area (Å²) in [6.45, 7) is 7.93. The Morgan fingerprint density at radius 3 is 2.38 bits per heavy atom. The molecular formula is C17H30FN3. The van der Waals surface area contributed by atoms with Gasteiger partial charge >= 0.3 is 0 Å². The van der Waals surface area contributed by atoms with Gasteiger partial charge in [0.25, 0.3) is 0 Å². The van der Waals surface area contributed by atoms with Gasteiger partial charge in [0.05, 0.1) is 5.69 Å². The summed E-state index contributed by atoms with van der Waals surface area (Å²) in [4.78, 5) is 4.23. The first-order valence-electron chi connectivity index (χ1n) is 7.84. The van der Waals surface area contributed by atoms with E-state index in [2.05, 4.69) is 30.6 Å². The number of anilines is 1. The molecule has 0 aromatic heterocycles. The van der Waals surface area contributed by atoms with Gasteiger partial charge in [-0.3, -0.25) is 0 Å². The molecule has 2 unspecified atom stereocenters. The fraction of sp³-hybridized carbons (Fsp3) is 0.647. The minimum Gasteiger partial charge on any atom is -0.365 e. The third kappa shape index (κ3) is 5.29. The predicted molar refractivity (Wildman–Crippen MR) is 89.4 cm³/mol. The number of hydrogen-bond donors (Lipinski definition) is 1. The van der Waals surface area contributed by atoms with Crippen LogP contribution >= 0.6 is 0 Å². The molecule has 3 nitrogen and oxygen atoms in total. The second-order valence-corrected chi connectivity index (χ2v) is 6.06. The van der Waals surface area contributed by atoms with Crippen molar-refractivity contribution < 1.29 is 4.39 Å². The minimum absolute atomic E-state index is 0.102. The van der Waals surface area contributed by atoms with E-state index in [0.29, 0.717) is 5.69 Å². The Hall–Kier alpha value is -1.13. The number of hydrogen-bond acceptors (Lipinski definition) is 3. The fourth-order valence-corrected chi connectivity index (χ4v) is 2.70. The molecule has 0 spiro atoms. The molecule has 4 heteroatoms. The first kappa shape index (κ1) is 17.9. The largest absolute Gasteiger partial charge is 0.365 e. The van der Waals surface area contributed by atoms with Crippen molar-refractivity contribution in [1.29, 1.82) is 0 Å². The van der Waals surface area contributed by atoms with Crippen molar-refractivity contribution >= 4 is 5.69 Å². The third-order valence-electron chi connectivity index (χ3n) is 3.85. The van der Waals surface area contributed by atoms with Gasteiger partial charge in [-0.2, -0.15) is 0 Å². The molecule has 0 saturated heterocycles. The predicted octanol–water partition coefficient (Wildman–Crippen LogP) is 2.88. The van der Waals surface area contributed by atoms with Crippen LogP contribution in [-0.2, 0) is 6.42 Å². The number of benzene rings is 1. The van der Waals surface area contributed by atoms with Gasteiger partial charge in [-0.15, -0.1) is 0 Å². The zero-order valence-electron chi connectivity index (χ0n) is 14.1. The second kappa shape index (κ2) is 8.35. The Balaban J connectivity index is 2.90. The SMILES string of the molecule is CCC(N)Cc1ccc(N(CC)C(C)CN(C)C)c(F)c1. The van der Waals surface area contributed by atoms with Gasteiger partial charge in [0.15, 0.2) is 0 Å². The molecule has 21 heavy (non-hydrogen) atoms. The van der Waals surface area contributed by atoms with Crippen LogP contribution in [0.3, 0.4) is 0 Å². The van der Waals surface area contributed by atoms with Crippen LogP contribution in [0.25, 0.3) is 0 Å². The van der Waals surface area contributed by atoms with E-state index in [1.54, 1.807) is 6.07 Å². The van der Waals surface area contributed by atoms with Crippen LogP contribution in [0.4, 0.5) is 10.1 Å². The Morgan fingerprint density at radius 1 is 1.24 bits per heavy atom. The standard InChI is InChI=1S/C17H30FN3/c1-6-15(19)10-14-8-9-17(16(18)11-14)21(7-2)13(3)12-20(4)5/h8-9,11,13,15H,6-7,10,12,19H2,1-5H3. The Morgan fingerprint density at radius 2 is 1.90 bits per heavy atom. The summed E-state index contributed by atoms with van der Waals surface area (Å²) in [5, 5.41) is 0. The number of rotatable bonds is 8. The smallest absolute Gasteiger partial charge is 0.146 e. The van der Waals surface area contributed by atoms with Crippen molar-refractivity contribution in [3.63, 3.8) is 0 Å². The average molecular weight is 295 g/mol. The molecule has 1 aromatic carbocycles. The topological polar surface area (TPSA) is 32.5 Å². The molecule has 120 valence electrons. The van der Waals surface area contributed by atoms with Gasteiger partial charge < -0.3 is 15.5 Å². The van der Waals surface area contributed by atoms with Gasteiger partial charge in [0.2, 0.25) is 0 Å². The van der Waals surface area contributed by atoms with E-state index >= 15 is 0 Å². The molecule has 0 aliphatic heterocycles. The maximum Gasteiger partial charge on any atom is 0.146 e.